The van der Waals surface area contributed by atoms with Crippen molar-refractivity contribution in [3.63, 3.8) is 0 Å². The average Bonchev–Trinajstić information content (AvgIpc) is 1.55. The molecule has 0 bridgehead atoms. The van der Waals surface area contributed by atoms with Crippen LogP contribution in [-0.2, 0) is 128 Å². The molecule has 0 radical (unpaired) electrons. The molecule has 8 rings (SSSR count). The van der Waals surface area contributed by atoms with Crippen LogP contribution in [-0.4, -0.2) is 54.3 Å². The van der Waals surface area contributed by atoms with Crippen LogP contribution in [0.15, 0.2) is 243 Å². The lowest BCUT2D eigenvalue weighted by Crippen LogP contribution is -2.28. The van der Waals surface area contributed by atoms with Gasteiger partial charge in [-0.05, 0) is 68.3 Å². The maximum absolute atomic E-state index is 15.2. The molecule has 0 aliphatic rings. The van der Waals surface area contributed by atoms with E-state index in [1.54, 1.807) is 0 Å². The van der Waals surface area contributed by atoms with Gasteiger partial charge in [-0.3, -0.25) is 33.3 Å². The number of hydrogen-bond donors (Lipinski definition) is 0. The van der Waals surface area contributed by atoms with Gasteiger partial charge < -0.3 is 32.9 Å². The number of esters is 6. The number of carbonyl (C=O) groups is 6. The van der Waals surface area contributed by atoms with E-state index in [0.717, 1.165) is 44.5 Å². The van der Waals surface area contributed by atoms with E-state index in [1.165, 1.54) is 0 Å². The minimum atomic E-state index is -3.95. The van der Waals surface area contributed by atoms with Crippen molar-refractivity contribution in [1.29, 1.82) is 0 Å². The van der Waals surface area contributed by atoms with Crippen LogP contribution in [0.1, 0.15) is 90.5 Å². The van der Waals surface area contributed by atoms with Crippen molar-refractivity contribution in [3.8, 4) is 0 Å². The van der Waals surface area contributed by atoms with Crippen LogP contribution in [0.4, 0.5) is 0 Å². The Morgan fingerprint density at radius 1 is 0.312 bits per heavy atom. The number of rotatable bonds is 36. The summed E-state index contributed by atoms with van der Waals surface area (Å²) in [6.07, 6.45) is -0.929. The molecule has 0 fully saturated rings. The highest BCUT2D eigenvalue weighted by Gasteiger charge is 2.39. The van der Waals surface area contributed by atoms with Crippen LogP contribution in [0.5, 0.6) is 0 Å². The molecule has 8 aromatic rings. The largest absolute Gasteiger partial charge is 0.509 e. The number of hydrogen-bond acceptors (Lipinski definition) is 16. The summed E-state index contributed by atoms with van der Waals surface area (Å²) in [7, 11) is -6.07. The maximum atomic E-state index is 15.2. The molecule has 0 spiro atoms. The third-order valence-electron chi connectivity index (χ3n) is 14.4. The molecule has 0 aliphatic carbocycles. The molecule has 18 heteroatoms. The van der Waals surface area contributed by atoms with Crippen molar-refractivity contribution < 1.29 is 75.4 Å². The molecule has 0 saturated carbocycles. The van der Waals surface area contributed by atoms with Gasteiger partial charge in [-0.1, -0.05) is 250 Å². The smallest absolute Gasteiger partial charge is 0.461 e. The Morgan fingerprint density at radius 3 is 0.817 bits per heavy atom. The fourth-order valence-electron chi connectivity index (χ4n) is 9.27. The van der Waals surface area contributed by atoms with Gasteiger partial charge in [0, 0.05) is 31.6 Å². The topological polar surface area (TPSA) is 210 Å². The summed E-state index contributed by atoms with van der Waals surface area (Å²) in [4.78, 5) is 78.6. The maximum Gasteiger partial charge on any atom is 0.509 e. The Bertz CT molecular complexity index is 3410. The van der Waals surface area contributed by atoms with Crippen molar-refractivity contribution in [1.82, 2.24) is 0 Å². The van der Waals surface area contributed by atoms with Crippen LogP contribution >= 0.6 is 15.4 Å². The van der Waals surface area contributed by atoms with E-state index < -0.39 is 69.0 Å². The first-order valence-electron chi connectivity index (χ1n) is 30.4. The van der Waals surface area contributed by atoms with Gasteiger partial charge in [0.15, 0.2) is 6.16 Å². The van der Waals surface area contributed by atoms with Gasteiger partial charge in [-0.25, -0.2) is 0 Å². The van der Waals surface area contributed by atoms with E-state index in [2.05, 4.69) is 0 Å². The summed E-state index contributed by atoms with van der Waals surface area (Å²) in [5.74, 6) is -6.23. The van der Waals surface area contributed by atoms with E-state index in [-0.39, 0.29) is 117 Å². The molecule has 4 unspecified atom stereocenters. The lowest BCUT2D eigenvalue weighted by molar-refractivity contribution is -0.152. The third-order valence-corrected chi connectivity index (χ3v) is 18.1. The molecule has 0 saturated heterocycles. The summed E-state index contributed by atoms with van der Waals surface area (Å²) >= 11 is 0. The summed E-state index contributed by atoms with van der Waals surface area (Å²) < 4.78 is 72.6. The summed E-state index contributed by atoms with van der Waals surface area (Å²) in [5, 5.41) is 0. The number of benzene rings is 8. The van der Waals surface area contributed by atoms with Gasteiger partial charge in [0.2, 0.25) is 7.37 Å². The molecule has 0 amide bonds. The molecular weight excluding hydrogens is 1220 g/mol. The normalized spacial score (nSPS) is 12.5. The lowest BCUT2D eigenvalue weighted by atomic mass is 10.1. The van der Waals surface area contributed by atoms with E-state index in [1.807, 2.05) is 243 Å². The molecular formula is C75H81O16P2+. The van der Waals surface area contributed by atoms with Crippen LogP contribution < -0.4 is 0 Å². The number of ether oxygens (including phenoxy) is 6. The van der Waals surface area contributed by atoms with Gasteiger partial charge in [-0.15, -0.1) is 4.52 Å². The predicted octanol–water partition coefficient (Wildman–Crippen LogP) is 15.7. The minimum absolute atomic E-state index is 0. The molecule has 93 heavy (non-hydrogen) atoms. The van der Waals surface area contributed by atoms with Crippen molar-refractivity contribution in [3.05, 3.63) is 287 Å². The zero-order chi connectivity index (χ0) is 64.9. The van der Waals surface area contributed by atoms with Crippen molar-refractivity contribution >= 4 is 51.2 Å². The third kappa shape index (κ3) is 28.9. The van der Waals surface area contributed by atoms with Gasteiger partial charge in [-0.2, -0.15) is 0 Å². The Hall–Kier alpha value is -9.17. The zero-order valence-corrected chi connectivity index (χ0v) is 53.1. The Labute approximate surface area is 546 Å². The molecule has 8 aromatic carbocycles. The summed E-state index contributed by atoms with van der Waals surface area (Å²) in [6, 6.07) is 73.8. The molecule has 0 aliphatic heterocycles. The first-order valence-corrected chi connectivity index (χ1v) is 33.8. The van der Waals surface area contributed by atoms with Crippen LogP contribution in [0.3, 0.4) is 0 Å². The van der Waals surface area contributed by atoms with E-state index in [9.17, 15) is 33.3 Å². The van der Waals surface area contributed by atoms with Gasteiger partial charge >= 0.3 is 43.8 Å². The highest BCUT2D eigenvalue weighted by molar-refractivity contribution is 7.59. The SMILES string of the molecule is C.O=C(CCC(CP(=O)(CC(CCC(=O)OCc1ccccc1)C(=O)OCc1ccccc1)OCc1ccccc1)C(=O)OCc1ccccc1)OCc1ccccc1.O=C(CCC(C[P+](=O)OCc1ccccc1)C(=O)OCc1ccccc1)OCc1ccccc1. The quantitative estimate of drug-likeness (QED) is 0.0203. The molecule has 0 aromatic heterocycles. The van der Waals surface area contributed by atoms with Gasteiger partial charge in [0.25, 0.3) is 0 Å². The molecule has 4 atom stereocenters. The first-order chi connectivity index (χ1) is 44.8. The summed E-state index contributed by atoms with van der Waals surface area (Å²) in [5.41, 5.74) is 6.46. The average molecular weight is 1300 g/mol. The predicted molar refractivity (Wildman–Crippen MR) is 355 cm³/mol. The fourth-order valence-corrected chi connectivity index (χ4v) is 13.1. The first kappa shape index (κ1) is 72.9. The Kier molecular flexibility index (Phi) is 32.4. The van der Waals surface area contributed by atoms with E-state index in [0.29, 0.717) is 0 Å². The van der Waals surface area contributed by atoms with Crippen LogP contribution in [0.25, 0.3) is 0 Å². The lowest BCUT2D eigenvalue weighted by Gasteiger charge is -2.26. The second-order valence-electron chi connectivity index (χ2n) is 21.6. The molecule has 486 valence electrons. The van der Waals surface area contributed by atoms with Gasteiger partial charge in [0.05, 0.1) is 18.4 Å². The zero-order valence-electron chi connectivity index (χ0n) is 51.3. The molecule has 16 nitrogen and oxygen atoms in total. The van der Waals surface area contributed by atoms with Gasteiger partial charge in [0.1, 0.15) is 52.2 Å². The monoisotopic (exact) mass is 1300 g/mol. The second kappa shape index (κ2) is 41.3. The fraction of sp³-hybridized carbons (Fsp3) is 0.280. The molecule has 0 heterocycles. The van der Waals surface area contributed by atoms with E-state index in [4.69, 9.17) is 37.5 Å². The van der Waals surface area contributed by atoms with Crippen molar-refractivity contribution in [2.75, 3.05) is 18.5 Å². The highest BCUT2D eigenvalue weighted by atomic mass is 31.2. The van der Waals surface area contributed by atoms with Crippen molar-refractivity contribution in [2.24, 2.45) is 17.8 Å². The Balaban J connectivity index is 0.000000333. The second-order valence-corrected chi connectivity index (χ2v) is 25.5. The van der Waals surface area contributed by atoms with Crippen molar-refractivity contribution in [2.45, 2.75) is 98.8 Å². The van der Waals surface area contributed by atoms with E-state index >= 15 is 4.57 Å². The molecule has 0 N–H and O–H groups in total. The minimum Gasteiger partial charge on any atom is -0.461 e. The van der Waals surface area contributed by atoms with Crippen LogP contribution in [0.2, 0.25) is 0 Å². The summed E-state index contributed by atoms with van der Waals surface area (Å²) in [6.45, 7) is 0.416. The van der Waals surface area contributed by atoms with Crippen LogP contribution in [0, 0.1) is 17.8 Å². The number of carbonyl (C=O) groups excluding carboxylic acids is 6. The Morgan fingerprint density at radius 2 is 0.538 bits per heavy atom. The standard InChI is InChI=1S/C47H49O10P.C27H28O6P.CH4/c48-44(53-30-37-16-6-1-7-17-37)28-26-42(46(50)55-32-39-20-10-3-11-21-39)35-58(52,57-34-41-24-14-5-15-25-41)36-43(47(51)56-33-40-22-12-4-13-23-40)27-29-45(49)54-31-38-18-8-2-9-19-38;28-26(31-18-22-10-4-1-5-11-22)17-16-25(27(29)32-19-23-12-6-2-7-13-23)21-34(30)33-20-24-14-8-3-9-15-24;/h1-25,42-43H,26-36H2;1-15,25H,16-21H2;1H4/q;+1;. The highest BCUT2D eigenvalue weighted by Crippen LogP contribution is 2.52.